The van der Waals surface area contributed by atoms with E-state index in [0.29, 0.717) is 35.4 Å². The number of nitrogens with one attached hydrogen (secondary N) is 2. The Bertz CT molecular complexity index is 1460. The number of rotatable bonds is 8. The van der Waals surface area contributed by atoms with Crippen molar-refractivity contribution in [2.75, 3.05) is 7.11 Å². The van der Waals surface area contributed by atoms with Crippen LogP contribution in [-0.2, 0) is 22.6 Å². The van der Waals surface area contributed by atoms with Gasteiger partial charge < -0.3 is 20.1 Å². The van der Waals surface area contributed by atoms with Gasteiger partial charge >= 0.3 is 12.0 Å². The molecule has 8 heteroatoms. The Morgan fingerprint density at radius 1 is 1.00 bits per heavy atom. The lowest BCUT2D eigenvalue weighted by molar-refractivity contribution is -0.140. The van der Waals surface area contributed by atoms with Crippen LogP contribution >= 0.6 is 0 Å². The molecule has 0 fully saturated rings. The molecule has 0 aromatic heterocycles. The van der Waals surface area contributed by atoms with Crippen molar-refractivity contribution in [2.45, 2.75) is 32.4 Å². The maximum Gasteiger partial charge on any atom is 0.338 e. The first-order chi connectivity index (χ1) is 18.4. The SMILES string of the molecule is CC#Cc1cc(COC(=O)C2=C(CCc3cccc(OC)c3)NC(=O)NC2c2cccc(F)c2)ccc1F. The van der Waals surface area contributed by atoms with E-state index in [9.17, 15) is 18.4 Å². The number of methoxy groups -OCH3 is 1. The molecule has 0 aliphatic carbocycles. The summed E-state index contributed by atoms with van der Waals surface area (Å²) in [6.45, 7) is 1.45. The van der Waals surface area contributed by atoms with Crippen molar-refractivity contribution >= 4 is 12.0 Å². The van der Waals surface area contributed by atoms with E-state index < -0.39 is 29.7 Å². The fraction of sp³-hybridized carbons (Fsp3) is 0.200. The molecule has 3 aromatic rings. The van der Waals surface area contributed by atoms with E-state index >= 15 is 0 Å². The Hall–Kier alpha value is -4.64. The van der Waals surface area contributed by atoms with Crippen LogP contribution in [0.25, 0.3) is 0 Å². The summed E-state index contributed by atoms with van der Waals surface area (Å²) in [5.41, 5.74) is 2.61. The Labute approximate surface area is 219 Å². The summed E-state index contributed by atoms with van der Waals surface area (Å²) in [5, 5.41) is 5.43. The number of benzene rings is 3. The third-order valence-electron chi connectivity index (χ3n) is 6.01. The highest BCUT2D eigenvalue weighted by atomic mass is 19.1. The molecular formula is C30H26F2N2O4. The van der Waals surface area contributed by atoms with Crippen LogP contribution in [0.3, 0.4) is 0 Å². The van der Waals surface area contributed by atoms with Gasteiger partial charge in [0.05, 0.1) is 24.3 Å². The topological polar surface area (TPSA) is 76.7 Å². The molecule has 3 aromatic carbocycles. The number of halogens is 2. The molecule has 38 heavy (non-hydrogen) atoms. The predicted molar refractivity (Wildman–Crippen MR) is 138 cm³/mol. The Balaban J connectivity index is 1.65. The summed E-state index contributed by atoms with van der Waals surface area (Å²) in [4.78, 5) is 26.0. The van der Waals surface area contributed by atoms with E-state index in [2.05, 4.69) is 22.5 Å². The quantitative estimate of drug-likeness (QED) is 0.314. The van der Waals surface area contributed by atoms with Gasteiger partial charge in [-0.3, -0.25) is 0 Å². The zero-order valence-corrected chi connectivity index (χ0v) is 20.9. The molecule has 4 rings (SSSR count). The number of esters is 1. The summed E-state index contributed by atoms with van der Waals surface area (Å²) < 4.78 is 38.9. The lowest BCUT2D eigenvalue weighted by atomic mass is 9.93. The Morgan fingerprint density at radius 2 is 1.82 bits per heavy atom. The van der Waals surface area contributed by atoms with Crippen molar-refractivity contribution < 1.29 is 27.8 Å². The maximum atomic E-state index is 14.1. The fourth-order valence-corrected chi connectivity index (χ4v) is 4.21. The summed E-state index contributed by atoms with van der Waals surface area (Å²) >= 11 is 0. The molecule has 0 saturated carbocycles. The van der Waals surface area contributed by atoms with E-state index in [0.717, 1.165) is 5.56 Å². The van der Waals surface area contributed by atoms with E-state index in [1.807, 2.05) is 24.3 Å². The second-order valence-corrected chi connectivity index (χ2v) is 8.60. The van der Waals surface area contributed by atoms with Gasteiger partial charge in [-0.2, -0.15) is 0 Å². The van der Waals surface area contributed by atoms with E-state index in [-0.39, 0.29) is 17.7 Å². The molecule has 0 saturated heterocycles. The molecule has 0 spiro atoms. The molecule has 194 valence electrons. The number of ether oxygens (including phenoxy) is 2. The van der Waals surface area contributed by atoms with Crippen LogP contribution in [0.1, 0.15) is 41.6 Å². The van der Waals surface area contributed by atoms with Crippen LogP contribution < -0.4 is 15.4 Å². The van der Waals surface area contributed by atoms with Crippen LogP contribution in [0.15, 0.2) is 78.0 Å². The van der Waals surface area contributed by atoms with Crippen LogP contribution in [0.4, 0.5) is 13.6 Å². The first-order valence-corrected chi connectivity index (χ1v) is 11.9. The lowest BCUT2D eigenvalue weighted by Crippen LogP contribution is -2.46. The smallest absolute Gasteiger partial charge is 0.338 e. The van der Waals surface area contributed by atoms with Gasteiger partial charge in [0.2, 0.25) is 0 Å². The largest absolute Gasteiger partial charge is 0.497 e. The zero-order chi connectivity index (χ0) is 27.1. The van der Waals surface area contributed by atoms with Crippen molar-refractivity contribution in [3.8, 4) is 17.6 Å². The summed E-state index contributed by atoms with van der Waals surface area (Å²) in [6, 6.07) is 16.0. The highest BCUT2D eigenvalue weighted by Crippen LogP contribution is 2.30. The molecule has 1 atom stereocenters. The zero-order valence-electron chi connectivity index (χ0n) is 20.9. The van der Waals surface area contributed by atoms with Gasteiger partial charge in [-0.15, -0.1) is 5.92 Å². The average molecular weight is 517 g/mol. The molecule has 0 radical (unpaired) electrons. The lowest BCUT2D eigenvalue weighted by Gasteiger charge is -2.29. The molecule has 2 amide bonds. The number of allylic oxidation sites excluding steroid dienone is 1. The molecule has 1 heterocycles. The van der Waals surface area contributed by atoms with Crippen LogP contribution in [0, 0.1) is 23.5 Å². The third kappa shape index (κ3) is 6.37. The van der Waals surface area contributed by atoms with Gasteiger partial charge in [0, 0.05) is 5.70 Å². The number of hydrogen-bond acceptors (Lipinski definition) is 4. The van der Waals surface area contributed by atoms with Crippen molar-refractivity contribution in [3.63, 3.8) is 0 Å². The van der Waals surface area contributed by atoms with Crippen molar-refractivity contribution in [3.05, 3.63) is 112 Å². The molecular weight excluding hydrogens is 490 g/mol. The minimum Gasteiger partial charge on any atom is -0.497 e. The molecule has 1 unspecified atom stereocenters. The third-order valence-corrected chi connectivity index (χ3v) is 6.01. The Kier molecular flexibility index (Phi) is 8.39. The number of carbonyl (C=O) groups excluding carboxylic acids is 2. The van der Waals surface area contributed by atoms with Gasteiger partial charge in [-0.05, 0) is 72.9 Å². The first-order valence-electron chi connectivity index (χ1n) is 11.9. The average Bonchev–Trinajstić information content (AvgIpc) is 2.92. The normalized spacial score (nSPS) is 14.6. The van der Waals surface area contributed by atoms with E-state index in [4.69, 9.17) is 9.47 Å². The molecule has 6 nitrogen and oxygen atoms in total. The van der Waals surface area contributed by atoms with Crippen molar-refractivity contribution in [1.82, 2.24) is 10.6 Å². The minimum absolute atomic E-state index is 0.145. The Morgan fingerprint density at radius 3 is 2.58 bits per heavy atom. The minimum atomic E-state index is -0.929. The van der Waals surface area contributed by atoms with Crippen molar-refractivity contribution in [1.29, 1.82) is 0 Å². The molecule has 0 bridgehead atoms. The van der Waals surface area contributed by atoms with Gasteiger partial charge in [0.15, 0.2) is 0 Å². The van der Waals surface area contributed by atoms with Crippen molar-refractivity contribution in [2.24, 2.45) is 0 Å². The molecule has 1 aliphatic heterocycles. The summed E-state index contributed by atoms with van der Waals surface area (Å²) in [5.74, 6) is 4.35. The van der Waals surface area contributed by atoms with Gasteiger partial charge in [0.25, 0.3) is 0 Å². The monoisotopic (exact) mass is 516 g/mol. The highest BCUT2D eigenvalue weighted by molar-refractivity contribution is 5.95. The van der Waals surface area contributed by atoms with Gasteiger partial charge in [-0.25, -0.2) is 18.4 Å². The number of urea groups is 1. The number of amides is 2. The second kappa shape index (κ2) is 12.1. The molecule has 2 N–H and O–H groups in total. The van der Waals surface area contributed by atoms with Crippen LogP contribution in [0.5, 0.6) is 5.75 Å². The number of aryl methyl sites for hydroxylation is 1. The van der Waals surface area contributed by atoms with Crippen LogP contribution in [-0.4, -0.2) is 19.1 Å². The van der Waals surface area contributed by atoms with Crippen LogP contribution in [0.2, 0.25) is 0 Å². The number of hydrogen-bond donors (Lipinski definition) is 2. The second-order valence-electron chi connectivity index (χ2n) is 8.60. The fourth-order valence-electron chi connectivity index (χ4n) is 4.21. The first kappa shape index (κ1) is 26.4. The maximum absolute atomic E-state index is 14.1. The highest BCUT2D eigenvalue weighted by Gasteiger charge is 2.34. The summed E-state index contributed by atoms with van der Waals surface area (Å²) in [6.07, 6.45) is 0.806. The van der Waals surface area contributed by atoms with Gasteiger partial charge in [0.1, 0.15) is 24.0 Å². The molecule has 1 aliphatic rings. The number of carbonyl (C=O) groups is 2. The summed E-state index contributed by atoms with van der Waals surface area (Å²) in [7, 11) is 1.57. The van der Waals surface area contributed by atoms with E-state index in [1.165, 1.54) is 36.4 Å². The predicted octanol–water partition coefficient (Wildman–Crippen LogP) is 5.33. The van der Waals surface area contributed by atoms with E-state index in [1.54, 1.807) is 20.1 Å². The standard InChI is InChI=1S/C30H26F2N2O4/c1-3-6-21-15-20(11-13-25(21)32)18-38-29(35)27-26(14-12-19-7-4-10-24(16-19)37-2)33-30(36)34-28(27)22-8-5-9-23(31)17-22/h4-5,7-11,13,15-17,28H,12,14,18H2,1-2H3,(H2,33,34,36). The van der Waals surface area contributed by atoms with Gasteiger partial charge in [-0.1, -0.05) is 36.3 Å².